The van der Waals surface area contributed by atoms with Crippen LogP contribution in [0.1, 0.15) is 396 Å². The summed E-state index contributed by atoms with van der Waals surface area (Å²) in [4.78, 5) is 72.7. The maximum absolute atomic E-state index is 13.1. The molecule has 0 saturated heterocycles. The molecule has 97 heavy (non-hydrogen) atoms. The summed E-state index contributed by atoms with van der Waals surface area (Å²) in [5.41, 5.74) is 0. The average Bonchev–Trinajstić information content (AvgIpc) is 1.17. The maximum atomic E-state index is 13.1. The number of unbranched alkanes of at least 4 members (excludes halogenated alkanes) is 40. The Bertz CT molecular complexity index is 1900. The number of carbonyl (C=O) groups excluding carboxylic acids is 4. The van der Waals surface area contributed by atoms with E-state index in [9.17, 15) is 43.2 Å². The number of rotatable bonds is 75. The zero-order valence-electron chi connectivity index (χ0n) is 63.7. The van der Waals surface area contributed by atoms with Crippen LogP contribution in [0.5, 0.6) is 0 Å². The van der Waals surface area contributed by atoms with Crippen molar-refractivity contribution in [1.29, 1.82) is 0 Å². The van der Waals surface area contributed by atoms with E-state index in [1.165, 1.54) is 186 Å². The topological polar surface area (TPSA) is 237 Å². The Hall–Kier alpha value is -1.94. The van der Waals surface area contributed by atoms with E-state index in [1.807, 2.05) is 0 Å². The normalized spacial score (nSPS) is 14.4. The van der Waals surface area contributed by atoms with Crippen molar-refractivity contribution >= 4 is 39.5 Å². The molecule has 0 aliphatic carbocycles. The van der Waals surface area contributed by atoms with Gasteiger partial charge in [-0.1, -0.05) is 344 Å². The van der Waals surface area contributed by atoms with Crippen LogP contribution >= 0.6 is 15.6 Å². The monoisotopic (exact) mass is 1420 g/mol. The quantitative estimate of drug-likeness (QED) is 0.0222. The third kappa shape index (κ3) is 70.9. The Morgan fingerprint density at radius 1 is 0.289 bits per heavy atom. The molecule has 0 fully saturated rings. The minimum Gasteiger partial charge on any atom is -0.462 e. The van der Waals surface area contributed by atoms with Crippen molar-refractivity contribution in [2.75, 3.05) is 39.6 Å². The van der Waals surface area contributed by atoms with Crippen LogP contribution in [0.4, 0.5) is 0 Å². The first-order chi connectivity index (χ1) is 46.6. The number of hydrogen-bond donors (Lipinski definition) is 3. The van der Waals surface area contributed by atoms with Gasteiger partial charge in [0.25, 0.3) is 0 Å². The summed E-state index contributed by atoms with van der Waals surface area (Å²) in [6.07, 6.45) is 53.1. The molecule has 17 nitrogen and oxygen atoms in total. The predicted octanol–water partition coefficient (Wildman–Crippen LogP) is 22.8. The van der Waals surface area contributed by atoms with E-state index in [1.54, 1.807) is 0 Å². The molecule has 0 radical (unpaired) electrons. The lowest BCUT2D eigenvalue weighted by molar-refractivity contribution is -0.161. The lowest BCUT2D eigenvalue weighted by Crippen LogP contribution is -2.30. The van der Waals surface area contributed by atoms with Crippen LogP contribution in [0.25, 0.3) is 0 Å². The highest BCUT2D eigenvalue weighted by molar-refractivity contribution is 7.47. The van der Waals surface area contributed by atoms with Crippen LogP contribution in [0.15, 0.2) is 0 Å². The van der Waals surface area contributed by atoms with Crippen molar-refractivity contribution < 1.29 is 80.2 Å². The smallest absolute Gasteiger partial charge is 0.462 e. The van der Waals surface area contributed by atoms with Crippen molar-refractivity contribution in [3.63, 3.8) is 0 Å². The number of aliphatic hydroxyl groups is 1. The number of carbonyl (C=O) groups is 4. The lowest BCUT2D eigenvalue weighted by atomic mass is 9.99. The zero-order valence-corrected chi connectivity index (χ0v) is 65.5. The Kier molecular flexibility index (Phi) is 65.9. The van der Waals surface area contributed by atoms with E-state index in [4.69, 9.17) is 37.0 Å². The van der Waals surface area contributed by atoms with Gasteiger partial charge in [0.2, 0.25) is 0 Å². The Morgan fingerprint density at radius 2 is 0.495 bits per heavy atom. The van der Waals surface area contributed by atoms with E-state index in [0.717, 1.165) is 115 Å². The molecular formula is C78H152O17P2. The van der Waals surface area contributed by atoms with E-state index in [-0.39, 0.29) is 25.7 Å². The maximum Gasteiger partial charge on any atom is 0.472 e. The highest BCUT2D eigenvalue weighted by Crippen LogP contribution is 2.45. The lowest BCUT2D eigenvalue weighted by Gasteiger charge is -2.21. The molecule has 0 aromatic rings. The molecule has 0 bridgehead atoms. The SMILES string of the molecule is CCC(C)CCCCCCCCCCCCCCCCC(=O)O[C@H](COC(=O)CCCCCCCCC(C)C)COP(=O)(O)OC[C@H](O)COP(=O)(O)OC[C@@H](COC(=O)CCCCCCCCC(C)C)OC(=O)CCCCCCCCCCCCCCCCCCCCC(C)C. The first kappa shape index (κ1) is 95.1. The van der Waals surface area contributed by atoms with Gasteiger partial charge in [0.05, 0.1) is 26.4 Å². The predicted molar refractivity (Wildman–Crippen MR) is 395 cm³/mol. The van der Waals surface area contributed by atoms with E-state index < -0.39 is 97.5 Å². The summed E-state index contributed by atoms with van der Waals surface area (Å²) >= 11 is 0. The molecule has 0 amide bonds. The highest BCUT2D eigenvalue weighted by atomic mass is 31.2. The van der Waals surface area contributed by atoms with Crippen LogP contribution in [-0.2, 0) is 65.4 Å². The molecule has 0 saturated carbocycles. The zero-order chi connectivity index (χ0) is 71.7. The second-order valence-electron chi connectivity index (χ2n) is 29.8. The molecule has 0 aromatic heterocycles. The van der Waals surface area contributed by atoms with Crippen LogP contribution in [-0.4, -0.2) is 96.7 Å². The molecule has 3 unspecified atom stereocenters. The highest BCUT2D eigenvalue weighted by Gasteiger charge is 2.30. The van der Waals surface area contributed by atoms with Gasteiger partial charge in [0.15, 0.2) is 12.2 Å². The average molecular weight is 1420 g/mol. The number of ether oxygens (including phenoxy) is 4. The summed E-state index contributed by atoms with van der Waals surface area (Å²) in [5, 5.41) is 10.6. The minimum absolute atomic E-state index is 0.106. The Balaban J connectivity index is 5.14. The van der Waals surface area contributed by atoms with Gasteiger partial charge in [-0.15, -0.1) is 0 Å². The van der Waals surface area contributed by atoms with Crippen LogP contribution in [0, 0.1) is 23.7 Å². The minimum atomic E-state index is -4.96. The van der Waals surface area contributed by atoms with E-state index in [2.05, 4.69) is 55.4 Å². The van der Waals surface area contributed by atoms with Crippen molar-refractivity contribution in [1.82, 2.24) is 0 Å². The number of phosphoric ester groups is 2. The Labute approximate surface area is 594 Å². The molecular weight excluding hydrogens is 1270 g/mol. The fourth-order valence-corrected chi connectivity index (χ4v) is 13.5. The number of esters is 4. The molecule has 0 spiro atoms. The van der Waals surface area contributed by atoms with Crippen molar-refractivity contribution in [2.45, 2.75) is 414 Å². The van der Waals surface area contributed by atoms with Gasteiger partial charge in [-0.2, -0.15) is 0 Å². The first-order valence-electron chi connectivity index (χ1n) is 40.2. The first-order valence-corrected chi connectivity index (χ1v) is 43.2. The summed E-state index contributed by atoms with van der Waals surface area (Å²) in [6, 6.07) is 0. The summed E-state index contributed by atoms with van der Waals surface area (Å²) < 4.78 is 68.5. The standard InChI is InChI=1S/C78H152O17P2/c1-9-71(8)57-49-41-31-27-23-19-16-17-21-25-29-33-45-53-61-78(83)95-74(65-89-76(81)59-51-43-37-35-40-48-56-70(6)7)67-93-97(86,87)91-63-72(79)62-90-96(84,85)92-66-73(64-88-75(80)58-50-42-36-34-39-47-55-69(4)5)94-77(82)60-52-44-32-28-24-20-15-13-11-10-12-14-18-22-26-30-38-46-54-68(2)3/h68-74,79H,9-67H2,1-8H3,(H,84,85)(H,86,87)/t71?,72-,73-,74-/m1/s1. The molecule has 6 atom stereocenters. The molecule has 0 rings (SSSR count). The van der Waals surface area contributed by atoms with Crippen molar-refractivity contribution in [3.8, 4) is 0 Å². The van der Waals surface area contributed by atoms with Gasteiger partial charge < -0.3 is 33.8 Å². The fraction of sp³-hybridized carbons (Fsp3) is 0.949. The fourth-order valence-electron chi connectivity index (χ4n) is 11.9. The van der Waals surface area contributed by atoms with E-state index >= 15 is 0 Å². The molecule has 19 heteroatoms. The second-order valence-corrected chi connectivity index (χ2v) is 32.7. The number of aliphatic hydroxyl groups excluding tert-OH is 1. The molecule has 576 valence electrons. The van der Waals surface area contributed by atoms with Gasteiger partial charge in [0, 0.05) is 25.7 Å². The molecule has 0 aromatic carbocycles. The van der Waals surface area contributed by atoms with Crippen LogP contribution in [0.2, 0.25) is 0 Å². The largest absolute Gasteiger partial charge is 0.472 e. The summed E-state index contributed by atoms with van der Waals surface area (Å²) in [7, 11) is -9.91. The second kappa shape index (κ2) is 67.2. The molecule has 0 aliphatic heterocycles. The molecule has 0 aliphatic rings. The van der Waals surface area contributed by atoms with Gasteiger partial charge in [-0.05, 0) is 49.4 Å². The van der Waals surface area contributed by atoms with Crippen molar-refractivity contribution in [3.05, 3.63) is 0 Å². The summed E-state index contributed by atoms with van der Waals surface area (Å²) in [6.45, 7) is 14.1. The molecule has 0 heterocycles. The van der Waals surface area contributed by atoms with Crippen molar-refractivity contribution in [2.24, 2.45) is 23.7 Å². The van der Waals surface area contributed by atoms with Crippen LogP contribution < -0.4 is 0 Å². The number of phosphoric acid groups is 2. The van der Waals surface area contributed by atoms with Gasteiger partial charge in [0.1, 0.15) is 19.3 Å². The number of hydrogen-bond acceptors (Lipinski definition) is 15. The van der Waals surface area contributed by atoms with Gasteiger partial charge in [-0.25, -0.2) is 9.13 Å². The van der Waals surface area contributed by atoms with Gasteiger partial charge >= 0.3 is 39.5 Å². The third-order valence-corrected chi connectivity index (χ3v) is 20.3. The van der Waals surface area contributed by atoms with Gasteiger partial charge in [-0.3, -0.25) is 37.3 Å². The Morgan fingerprint density at radius 3 is 0.732 bits per heavy atom. The molecule has 3 N–H and O–H groups in total. The van der Waals surface area contributed by atoms with Crippen LogP contribution in [0.3, 0.4) is 0 Å². The van der Waals surface area contributed by atoms with E-state index in [0.29, 0.717) is 37.5 Å². The summed E-state index contributed by atoms with van der Waals surface area (Å²) in [5.74, 6) is 0.901. The third-order valence-electron chi connectivity index (χ3n) is 18.4.